The minimum Gasteiger partial charge on any atom is -0.482 e. The number of carbonyl (C=O) groups is 2. The standard InChI is InChI=1S/C14H15NO4/c16-13-8-19-12-2-1-10(7-11(12)15-13)14(17)9-3-5-18-6-4-9/h1-2,7,9H,3-6,8H2,(H,15,16). The molecule has 3 rings (SSSR count). The van der Waals surface area contributed by atoms with Gasteiger partial charge in [0.25, 0.3) is 5.91 Å². The molecule has 5 nitrogen and oxygen atoms in total. The number of rotatable bonds is 2. The highest BCUT2D eigenvalue weighted by Gasteiger charge is 2.24. The highest BCUT2D eigenvalue weighted by atomic mass is 16.5. The molecule has 0 atom stereocenters. The van der Waals surface area contributed by atoms with Gasteiger partial charge < -0.3 is 14.8 Å². The first-order valence-electron chi connectivity index (χ1n) is 6.43. The van der Waals surface area contributed by atoms with Gasteiger partial charge in [-0.2, -0.15) is 0 Å². The van der Waals surface area contributed by atoms with E-state index < -0.39 is 0 Å². The highest BCUT2D eigenvalue weighted by Crippen LogP contribution is 2.30. The zero-order chi connectivity index (χ0) is 13.2. The molecule has 0 radical (unpaired) electrons. The van der Waals surface area contributed by atoms with Gasteiger partial charge in [0.1, 0.15) is 5.75 Å². The lowest BCUT2D eigenvalue weighted by Gasteiger charge is -2.22. The molecule has 0 aromatic heterocycles. The first-order valence-corrected chi connectivity index (χ1v) is 6.43. The number of fused-ring (bicyclic) bond motifs is 1. The van der Waals surface area contributed by atoms with Gasteiger partial charge in [0, 0.05) is 24.7 Å². The van der Waals surface area contributed by atoms with Gasteiger partial charge in [-0.15, -0.1) is 0 Å². The second kappa shape index (κ2) is 5.01. The zero-order valence-corrected chi connectivity index (χ0v) is 10.5. The van der Waals surface area contributed by atoms with Crippen molar-refractivity contribution < 1.29 is 19.1 Å². The zero-order valence-electron chi connectivity index (χ0n) is 10.5. The van der Waals surface area contributed by atoms with Crippen molar-refractivity contribution in [3.05, 3.63) is 23.8 Å². The molecule has 1 aromatic rings. The molecule has 0 unspecified atom stereocenters. The molecule has 0 aliphatic carbocycles. The Hall–Kier alpha value is -1.88. The fourth-order valence-electron chi connectivity index (χ4n) is 2.43. The van der Waals surface area contributed by atoms with E-state index in [1.54, 1.807) is 18.2 Å². The molecule has 2 heterocycles. The number of Topliss-reactive ketones (excluding diaryl/α,β-unsaturated/α-hetero) is 1. The predicted octanol–water partition coefficient (Wildman–Crippen LogP) is 1.63. The van der Waals surface area contributed by atoms with Crippen LogP contribution >= 0.6 is 0 Å². The van der Waals surface area contributed by atoms with E-state index in [4.69, 9.17) is 9.47 Å². The molecule has 2 aliphatic rings. The van der Waals surface area contributed by atoms with Crippen LogP contribution in [0, 0.1) is 5.92 Å². The number of hydrogen-bond acceptors (Lipinski definition) is 4. The van der Waals surface area contributed by atoms with E-state index in [-0.39, 0.29) is 24.2 Å². The van der Waals surface area contributed by atoms with E-state index in [0.717, 1.165) is 12.8 Å². The number of carbonyl (C=O) groups excluding carboxylic acids is 2. The number of hydrogen-bond donors (Lipinski definition) is 1. The summed E-state index contributed by atoms with van der Waals surface area (Å²) in [6, 6.07) is 5.19. The van der Waals surface area contributed by atoms with Crippen LogP contribution in [-0.4, -0.2) is 31.5 Å². The van der Waals surface area contributed by atoms with Crippen LogP contribution in [0.15, 0.2) is 18.2 Å². The van der Waals surface area contributed by atoms with E-state index >= 15 is 0 Å². The lowest BCUT2D eigenvalue weighted by Crippen LogP contribution is -2.26. The summed E-state index contributed by atoms with van der Waals surface area (Å²) < 4.78 is 10.5. The SMILES string of the molecule is O=C1COc2ccc(C(=O)C3CCOCC3)cc2N1. The summed E-state index contributed by atoms with van der Waals surface area (Å²) >= 11 is 0. The van der Waals surface area contributed by atoms with Gasteiger partial charge in [0.05, 0.1) is 5.69 Å². The molecule has 1 aromatic carbocycles. The third-order valence-electron chi connectivity index (χ3n) is 3.49. The van der Waals surface area contributed by atoms with Crippen LogP contribution in [0.5, 0.6) is 5.75 Å². The summed E-state index contributed by atoms with van der Waals surface area (Å²) in [5, 5.41) is 2.72. The molecule has 100 valence electrons. The molecule has 5 heteroatoms. The van der Waals surface area contributed by atoms with Gasteiger partial charge in [-0.25, -0.2) is 0 Å². The Kier molecular flexibility index (Phi) is 3.21. The van der Waals surface area contributed by atoms with E-state index in [2.05, 4.69) is 5.32 Å². The van der Waals surface area contributed by atoms with Crippen LogP contribution in [0.25, 0.3) is 0 Å². The monoisotopic (exact) mass is 261 g/mol. The van der Waals surface area contributed by atoms with Crippen LogP contribution in [0.4, 0.5) is 5.69 Å². The highest BCUT2D eigenvalue weighted by molar-refractivity contribution is 6.01. The van der Waals surface area contributed by atoms with E-state index in [9.17, 15) is 9.59 Å². The predicted molar refractivity (Wildman–Crippen MR) is 68.4 cm³/mol. The number of ether oxygens (including phenoxy) is 2. The smallest absolute Gasteiger partial charge is 0.262 e. The molecular formula is C14H15NO4. The summed E-state index contributed by atoms with van der Waals surface area (Å²) in [5.41, 5.74) is 1.20. The molecule has 1 fully saturated rings. The first kappa shape index (κ1) is 12.2. The number of nitrogens with one attached hydrogen (secondary N) is 1. The second-order valence-electron chi connectivity index (χ2n) is 4.80. The van der Waals surface area contributed by atoms with Gasteiger partial charge in [-0.05, 0) is 31.0 Å². The van der Waals surface area contributed by atoms with Crippen molar-refractivity contribution in [2.45, 2.75) is 12.8 Å². The largest absolute Gasteiger partial charge is 0.482 e. The Bertz CT molecular complexity index is 520. The van der Waals surface area contributed by atoms with Crippen molar-refractivity contribution in [2.75, 3.05) is 25.1 Å². The Morgan fingerprint density at radius 2 is 2.05 bits per heavy atom. The van der Waals surface area contributed by atoms with Crippen molar-refractivity contribution in [1.82, 2.24) is 0 Å². The van der Waals surface area contributed by atoms with Crippen molar-refractivity contribution >= 4 is 17.4 Å². The maximum atomic E-state index is 12.4. The molecular weight excluding hydrogens is 246 g/mol. The van der Waals surface area contributed by atoms with Gasteiger partial charge in [0.2, 0.25) is 0 Å². The first-order chi connectivity index (χ1) is 9.24. The molecule has 1 saturated heterocycles. The fraction of sp³-hybridized carbons (Fsp3) is 0.429. The van der Waals surface area contributed by atoms with Gasteiger partial charge in [0.15, 0.2) is 12.4 Å². The third-order valence-corrected chi connectivity index (χ3v) is 3.49. The third kappa shape index (κ3) is 2.46. The normalized spacial score (nSPS) is 19.3. The molecule has 0 bridgehead atoms. The summed E-state index contributed by atoms with van der Waals surface area (Å²) in [6.45, 7) is 1.31. The Labute approximate surface area is 110 Å². The molecule has 1 amide bonds. The van der Waals surface area contributed by atoms with Crippen molar-refractivity contribution in [3.63, 3.8) is 0 Å². The van der Waals surface area contributed by atoms with Crippen molar-refractivity contribution in [1.29, 1.82) is 0 Å². The summed E-state index contributed by atoms with van der Waals surface area (Å²) in [7, 11) is 0. The average molecular weight is 261 g/mol. The van der Waals surface area contributed by atoms with Crippen LogP contribution in [-0.2, 0) is 9.53 Å². The lowest BCUT2D eigenvalue weighted by atomic mass is 9.91. The summed E-state index contributed by atoms with van der Waals surface area (Å²) in [5.74, 6) is 0.559. The molecule has 0 spiro atoms. The molecule has 2 aliphatic heterocycles. The second-order valence-corrected chi connectivity index (χ2v) is 4.80. The van der Waals surface area contributed by atoms with E-state index in [0.29, 0.717) is 30.2 Å². The number of anilines is 1. The van der Waals surface area contributed by atoms with Gasteiger partial charge in [-0.1, -0.05) is 0 Å². The maximum Gasteiger partial charge on any atom is 0.262 e. The molecule has 1 N–H and O–H groups in total. The molecule has 0 saturated carbocycles. The van der Waals surface area contributed by atoms with Crippen LogP contribution in [0.2, 0.25) is 0 Å². The van der Waals surface area contributed by atoms with E-state index in [1.807, 2.05) is 0 Å². The molecule has 19 heavy (non-hydrogen) atoms. The topological polar surface area (TPSA) is 64.6 Å². The van der Waals surface area contributed by atoms with E-state index in [1.165, 1.54) is 0 Å². The van der Waals surface area contributed by atoms with Crippen LogP contribution in [0.3, 0.4) is 0 Å². The Balaban J connectivity index is 1.83. The Morgan fingerprint density at radius 3 is 2.84 bits per heavy atom. The fourth-order valence-corrected chi connectivity index (χ4v) is 2.43. The number of amides is 1. The van der Waals surface area contributed by atoms with Crippen LogP contribution in [0.1, 0.15) is 23.2 Å². The maximum absolute atomic E-state index is 12.4. The Morgan fingerprint density at radius 1 is 1.26 bits per heavy atom. The summed E-state index contributed by atoms with van der Waals surface area (Å²) in [6.07, 6.45) is 1.53. The van der Waals surface area contributed by atoms with Crippen molar-refractivity contribution in [3.8, 4) is 5.75 Å². The van der Waals surface area contributed by atoms with Gasteiger partial charge in [-0.3, -0.25) is 9.59 Å². The van der Waals surface area contributed by atoms with Gasteiger partial charge >= 0.3 is 0 Å². The number of ketones is 1. The van der Waals surface area contributed by atoms with Crippen molar-refractivity contribution in [2.24, 2.45) is 5.92 Å². The average Bonchev–Trinajstić information content (AvgIpc) is 2.46. The summed E-state index contributed by atoms with van der Waals surface area (Å²) in [4.78, 5) is 23.6. The lowest BCUT2D eigenvalue weighted by molar-refractivity contribution is -0.118. The van der Waals surface area contributed by atoms with Crippen LogP contribution < -0.4 is 10.1 Å². The minimum atomic E-state index is -0.192. The minimum absolute atomic E-state index is 0.0204. The number of benzene rings is 1. The quantitative estimate of drug-likeness (QED) is 0.822.